The van der Waals surface area contributed by atoms with Crippen LogP contribution in [0, 0.1) is 0 Å². The standard InChI is InChI=1S/C15H24N2O2/c1-10(2)14-7-6-13(11(3)16)15(18)17(14)9-12-5-4-8-19-12/h6-7,10-12H,4-5,8-9,16H2,1-3H3. The maximum Gasteiger partial charge on any atom is 0.255 e. The first kappa shape index (κ1) is 14.3. The summed E-state index contributed by atoms with van der Waals surface area (Å²) < 4.78 is 7.52. The number of hydrogen-bond acceptors (Lipinski definition) is 3. The fourth-order valence-electron chi connectivity index (χ4n) is 2.64. The highest BCUT2D eigenvalue weighted by Crippen LogP contribution is 2.19. The Bertz CT molecular complexity index is 485. The van der Waals surface area contributed by atoms with Gasteiger partial charge in [-0.2, -0.15) is 0 Å². The van der Waals surface area contributed by atoms with Crippen molar-refractivity contribution >= 4 is 0 Å². The molecule has 0 aliphatic carbocycles. The van der Waals surface area contributed by atoms with Crippen LogP contribution in [0.4, 0.5) is 0 Å². The van der Waals surface area contributed by atoms with Crippen LogP contribution in [0.1, 0.15) is 56.8 Å². The van der Waals surface area contributed by atoms with Crippen LogP contribution in [0.15, 0.2) is 16.9 Å². The van der Waals surface area contributed by atoms with Gasteiger partial charge in [0.05, 0.1) is 12.6 Å². The maximum atomic E-state index is 12.6. The molecule has 1 saturated heterocycles. The summed E-state index contributed by atoms with van der Waals surface area (Å²) in [5, 5.41) is 0. The van der Waals surface area contributed by atoms with Gasteiger partial charge in [0.1, 0.15) is 0 Å². The van der Waals surface area contributed by atoms with Crippen LogP contribution in [0.2, 0.25) is 0 Å². The van der Waals surface area contributed by atoms with Crippen molar-refractivity contribution in [3.05, 3.63) is 33.7 Å². The molecule has 2 heterocycles. The number of pyridine rings is 1. The molecule has 1 aliphatic heterocycles. The third-order valence-electron chi connectivity index (χ3n) is 3.73. The number of aromatic nitrogens is 1. The van der Waals surface area contributed by atoms with Gasteiger partial charge in [0.2, 0.25) is 0 Å². The molecular formula is C15H24N2O2. The molecule has 4 heteroatoms. The van der Waals surface area contributed by atoms with Crippen molar-refractivity contribution in [3.63, 3.8) is 0 Å². The largest absolute Gasteiger partial charge is 0.376 e. The van der Waals surface area contributed by atoms with Gasteiger partial charge >= 0.3 is 0 Å². The highest BCUT2D eigenvalue weighted by Gasteiger charge is 2.20. The van der Waals surface area contributed by atoms with Gasteiger partial charge < -0.3 is 15.0 Å². The lowest BCUT2D eigenvalue weighted by Crippen LogP contribution is -2.33. The normalized spacial score (nSPS) is 21.0. The van der Waals surface area contributed by atoms with Crippen LogP contribution in [0.25, 0.3) is 0 Å². The van der Waals surface area contributed by atoms with Crippen molar-refractivity contribution in [2.24, 2.45) is 5.73 Å². The summed E-state index contributed by atoms with van der Waals surface area (Å²) in [5.74, 6) is 0.316. The predicted molar refractivity (Wildman–Crippen MR) is 76.4 cm³/mol. The van der Waals surface area contributed by atoms with Crippen LogP contribution in [-0.2, 0) is 11.3 Å². The van der Waals surface area contributed by atoms with Gasteiger partial charge in [0.15, 0.2) is 0 Å². The fraction of sp³-hybridized carbons (Fsp3) is 0.667. The van der Waals surface area contributed by atoms with Crippen LogP contribution in [-0.4, -0.2) is 17.3 Å². The molecule has 0 saturated carbocycles. The van der Waals surface area contributed by atoms with E-state index in [9.17, 15) is 4.79 Å². The van der Waals surface area contributed by atoms with Gasteiger partial charge in [-0.3, -0.25) is 4.79 Å². The molecule has 1 aromatic rings. The molecule has 0 radical (unpaired) electrons. The number of rotatable bonds is 4. The Balaban J connectivity index is 2.40. The predicted octanol–water partition coefficient (Wildman–Crippen LogP) is 2.17. The Hall–Kier alpha value is -1.13. The van der Waals surface area contributed by atoms with E-state index in [1.807, 2.05) is 23.6 Å². The first-order chi connectivity index (χ1) is 9.00. The molecule has 106 valence electrons. The Morgan fingerprint density at radius 1 is 1.42 bits per heavy atom. The number of ether oxygens (including phenoxy) is 1. The van der Waals surface area contributed by atoms with E-state index in [1.165, 1.54) is 0 Å². The molecule has 19 heavy (non-hydrogen) atoms. The summed E-state index contributed by atoms with van der Waals surface area (Å²) in [6, 6.07) is 3.66. The van der Waals surface area contributed by atoms with E-state index in [-0.39, 0.29) is 17.7 Å². The van der Waals surface area contributed by atoms with Gasteiger partial charge in [-0.15, -0.1) is 0 Å². The van der Waals surface area contributed by atoms with Gasteiger partial charge in [-0.25, -0.2) is 0 Å². The SMILES string of the molecule is CC(C)c1ccc(C(C)N)c(=O)n1CC1CCCO1. The lowest BCUT2D eigenvalue weighted by molar-refractivity contribution is 0.0951. The van der Waals surface area contributed by atoms with Crippen LogP contribution < -0.4 is 11.3 Å². The molecule has 2 rings (SSSR count). The van der Waals surface area contributed by atoms with Crippen LogP contribution in [0.5, 0.6) is 0 Å². The maximum absolute atomic E-state index is 12.6. The minimum Gasteiger partial charge on any atom is -0.376 e. The first-order valence-electron chi connectivity index (χ1n) is 7.11. The summed E-state index contributed by atoms with van der Waals surface area (Å²) in [5.41, 5.74) is 7.65. The smallest absolute Gasteiger partial charge is 0.255 e. The summed E-state index contributed by atoms with van der Waals surface area (Å²) in [6.45, 7) is 7.51. The van der Waals surface area contributed by atoms with E-state index >= 15 is 0 Å². The molecule has 2 N–H and O–H groups in total. The van der Waals surface area contributed by atoms with Gasteiger partial charge in [-0.1, -0.05) is 19.9 Å². The van der Waals surface area contributed by atoms with Crippen molar-refractivity contribution in [3.8, 4) is 0 Å². The zero-order chi connectivity index (χ0) is 14.0. The zero-order valence-corrected chi connectivity index (χ0v) is 12.1. The second kappa shape index (κ2) is 5.88. The molecule has 0 amide bonds. The highest BCUT2D eigenvalue weighted by atomic mass is 16.5. The second-order valence-electron chi connectivity index (χ2n) is 5.71. The zero-order valence-electron chi connectivity index (χ0n) is 12.1. The molecule has 0 aromatic carbocycles. The molecule has 0 bridgehead atoms. The van der Waals surface area contributed by atoms with E-state index in [1.54, 1.807) is 0 Å². The summed E-state index contributed by atoms with van der Waals surface area (Å²) in [6.07, 6.45) is 2.29. The van der Waals surface area contributed by atoms with Crippen molar-refractivity contribution in [1.29, 1.82) is 0 Å². The molecule has 2 unspecified atom stereocenters. The first-order valence-corrected chi connectivity index (χ1v) is 7.11. The minimum absolute atomic E-state index is 0.0386. The average Bonchev–Trinajstić information content (AvgIpc) is 2.83. The van der Waals surface area contributed by atoms with E-state index in [4.69, 9.17) is 10.5 Å². The quantitative estimate of drug-likeness (QED) is 0.906. The third kappa shape index (κ3) is 3.07. The van der Waals surface area contributed by atoms with E-state index in [0.717, 1.165) is 25.1 Å². The number of nitrogens with zero attached hydrogens (tertiary/aromatic N) is 1. The molecular weight excluding hydrogens is 240 g/mol. The van der Waals surface area contributed by atoms with Gasteiger partial charge in [0, 0.05) is 23.9 Å². The van der Waals surface area contributed by atoms with Gasteiger partial charge in [-0.05, 0) is 31.7 Å². The van der Waals surface area contributed by atoms with Crippen LogP contribution in [0.3, 0.4) is 0 Å². The van der Waals surface area contributed by atoms with Gasteiger partial charge in [0.25, 0.3) is 5.56 Å². The second-order valence-corrected chi connectivity index (χ2v) is 5.71. The number of nitrogens with two attached hydrogens (primary N) is 1. The van der Waals surface area contributed by atoms with Crippen molar-refractivity contribution in [1.82, 2.24) is 4.57 Å². The lowest BCUT2D eigenvalue weighted by Gasteiger charge is -2.20. The Kier molecular flexibility index (Phi) is 4.42. The monoisotopic (exact) mass is 264 g/mol. The molecule has 1 aromatic heterocycles. The average molecular weight is 264 g/mol. The highest BCUT2D eigenvalue weighted by molar-refractivity contribution is 5.21. The Morgan fingerprint density at radius 3 is 2.68 bits per heavy atom. The Labute approximate surface area is 114 Å². The van der Waals surface area contributed by atoms with E-state index < -0.39 is 0 Å². The number of hydrogen-bond donors (Lipinski definition) is 1. The lowest BCUT2D eigenvalue weighted by atomic mass is 10.0. The minimum atomic E-state index is -0.232. The van der Waals surface area contributed by atoms with Crippen molar-refractivity contribution in [2.45, 2.75) is 58.2 Å². The molecule has 4 nitrogen and oxygen atoms in total. The fourth-order valence-corrected chi connectivity index (χ4v) is 2.64. The summed E-state index contributed by atoms with van der Waals surface area (Å²) in [4.78, 5) is 12.6. The third-order valence-corrected chi connectivity index (χ3v) is 3.73. The summed E-state index contributed by atoms with van der Waals surface area (Å²) in [7, 11) is 0. The molecule has 0 spiro atoms. The van der Waals surface area contributed by atoms with Crippen LogP contribution >= 0.6 is 0 Å². The molecule has 1 fully saturated rings. The Morgan fingerprint density at radius 2 is 2.16 bits per heavy atom. The molecule has 2 atom stereocenters. The van der Waals surface area contributed by atoms with E-state index in [2.05, 4.69) is 13.8 Å². The van der Waals surface area contributed by atoms with Crippen molar-refractivity contribution < 1.29 is 4.74 Å². The molecule has 1 aliphatic rings. The van der Waals surface area contributed by atoms with E-state index in [0.29, 0.717) is 18.0 Å². The van der Waals surface area contributed by atoms with Crippen molar-refractivity contribution in [2.75, 3.05) is 6.61 Å². The summed E-state index contributed by atoms with van der Waals surface area (Å²) >= 11 is 0. The topological polar surface area (TPSA) is 57.2 Å².